The van der Waals surface area contributed by atoms with Gasteiger partial charge in [-0.1, -0.05) is 30.4 Å². The zero-order valence-electron chi connectivity index (χ0n) is 12.4. The Morgan fingerprint density at radius 1 is 1.15 bits per heavy atom. The highest BCUT2D eigenvalue weighted by Gasteiger charge is 2.12. The van der Waals surface area contributed by atoms with Gasteiger partial charge in [0.15, 0.2) is 0 Å². The van der Waals surface area contributed by atoms with Gasteiger partial charge in [0.2, 0.25) is 0 Å². The molecule has 2 aliphatic rings. The molecule has 104 valence electrons. The van der Waals surface area contributed by atoms with Gasteiger partial charge in [-0.3, -0.25) is 0 Å². The SMILES string of the molecule is CC(/C=C/C=C1/C=C(C2=CCCCC2)CCC1)=C\C#N. The summed E-state index contributed by atoms with van der Waals surface area (Å²) in [5.41, 5.74) is 5.56. The van der Waals surface area contributed by atoms with E-state index in [9.17, 15) is 0 Å². The van der Waals surface area contributed by atoms with Crippen molar-refractivity contribution in [3.8, 4) is 6.07 Å². The Hall–Kier alpha value is -1.81. The Labute approximate surface area is 122 Å². The molecule has 1 nitrogen and oxygen atoms in total. The molecule has 0 N–H and O–H groups in total. The zero-order valence-corrected chi connectivity index (χ0v) is 12.4. The maximum Gasteiger partial charge on any atom is 0.0914 e. The second-order valence-electron chi connectivity index (χ2n) is 5.62. The predicted molar refractivity (Wildman–Crippen MR) is 85.1 cm³/mol. The van der Waals surface area contributed by atoms with Gasteiger partial charge in [0.05, 0.1) is 6.07 Å². The van der Waals surface area contributed by atoms with E-state index in [2.05, 4.69) is 30.4 Å². The molecule has 0 saturated carbocycles. The van der Waals surface area contributed by atoms with Crippen LogP contribution in [0.5, 0.6) is 0 Å². The summed E-state index contributed by atoms with van der Waals surface area (Å²) in [6, 6.07) is 2.05. The van der Waals surface area contributed by atoms with Gasteiger partial charge < -0.3 is 0 Å². The molecular formula is C19H23N. The molecule has 0 saturated heterocycles. The van der Waals surface area contributed by atoms with E-state index in [0.717, 1.165) is 5.57 Å². The maximum absolute atomic E-state index is 8.57. The third-order valence-electron chi connectivity index (χ3n) is 3.94. The predicted octanol–water partition coefficient (Wildman–Crippen LogP) is 5.55. The van der Waals surface area contributed by atoms with Gasteiger partial charge >= 0.3 is 0 Å². The summed E-state index contributed by atoms with van der Waals surface area (Å²) < 4.78 is 0. The summed E-state index contributed by atoms with van der Waals surface area (Å²) in [6.07, 6.45) is 21.5. The second kappa shape index (κ2) is 7.70. The third-order valence-corrected chi connectivity index (χ3v) is 3.94. The molecule has 1 heteroatoms. The standard InChI is InChI=1S/C19H23N/c1-16(13-14-20)7-5-8-17-9-6-12-19(15-17)18-10-3-2-4-11-18/h5,7-8,10,13,15H,2-4,6,9,11-12H2,1H3/b7-5+,16-13+,17-8+. The first-order valence-electron chi connectivity index (χ1n) is 7.63. The van der Waals surface area contributed by atoms with Crippen LogP contribution in [-0.4, -0.2) is 0 Å². The Kier molecular flexibility index (Phi) is 5.62. The average molecular weight is 265 g/mol. The molecule has 0 atom stereocenters. The molecular weight excluding hydrogens is 242 g/mol. The van der Waals surface area contributed by atoms with Gasteiger partial charge in [-0.25, -0.2) is 0 Å². The number of allylic oxidation sites excluding steroid dienone is 10. The van der Waals surface area contributed by atoms with Crippen molar-refractivity contribution < 1.29 is 0 Å². The van der Waals surface area contributed by atoms with E-state index in [4.69, 9.17) is 5.26 Å². The molecule has 0 spiro atoms. The van der Waals surface area contributed by atoms with Gasteiger partial charge in [-0.15, -0.1) is 0 Å². The van der Waals surface area contributed by atoms with Crippen molar-refractivity contribution in [2.24, 2.45) is 0 Å². The van der Waals surface area contributed by atoms with Crippen molar-refractivity contribution in [1.82, 2.24) is 0 Å². The first kappa shape index (κ1) is 14.6. The van der Waals surface area contributed by atoms with Crippen LogP contribution in [0.1, 0.15) is 51.9 Å². The highest BCUT2D eigenvalue weighted by atomic mass is 14.2. The molecule has 0 aromatic rings. The zero-order chi connectivity index (χ0) is 14.2. The summed E-state index contributed by atoms with van der Waals surface area (Å²) >= 11 is 0. The van der Waals surface area contributed by atoms with E-state index in [1.165, 1.54) is 50.5 Å². The van der Waals surface area contributed by atoms with E-state index in [-0.39, 0.29) is 0 Å². The van der Waals surface area contributed by atoms with Gasteiger partial charge in [-0.05, 0) is 74.2 Å². The minimum absolute atomic E-state index is 0.999. The van der Waals surface area contributed by atoms with Crippen LogP contribution in [0, 0.1) is 11.3 Å². The van der Waals surface area contributed by atoms with Crippen LogP contribution >= 0.6 is 0 Å². The number of nitriles is 1. The van der Waals surface area contributed by atoms with Gasteiger partial charge in [0, 0.05) is 6.08 Å². The van der Waals surface area contributed by atoms with E-state index < -0.39 is 0 Å². The van der Waals surface area contributed by atoms with Crippen molar-refractivity contribution in [3.63, 3.8) is 0 Å². The lowest BCUT2D eigenvalue weighted by atomic mass is 9.85. The van der Waals surface area contributed by atoms with Crippen molar-refractivity contribution in [1.29, 1.82) is 5.26 Å². The molecule has 20 heavy (non-hydrogen) atoms. The summed E-state index contributed by atoms with van der Waals surface area (Å²) in [5.74, 6) is 0. The van der Waals surface area contributed by atoms with E-state index in [1.54, 1.807) is 17.2 Å². The number of rotatable bonds is 3. The molecule has 0 aliphatic heterocycles. The van der Waals surface area contributed by atoms with Crippen LogP contribution in [0.3, 0.4) is 0 Å². The van der Waals surface area contributed by atoms with E-state index in [0.29, 0.717) is 0 Å². The lowest BCUT2D eigenvalue weighted by Crippen LogP contribution is -2.01. The Morgan fingerprint density at radius 2 is 2.00 bits per heavy atom. The number of hydrogen-bond donors (Lipinski definition) is 0. The van der Waals surface area contributed by atoms with Crippen molar-refractivity contribution >= 4 is 0 Å². The number of hydrogen-bond acceptors (Lipinski definition) is 1. The topological polar surface area (TPSA) is 23.8 Å². The molecule has 0 aromatic carbocycles. The van der Waals surface area contributed by atoms with Crippen LogP contribution in [-0.2, 0) is 0 Å². The maximum atomic E-state index is 8.57. The second-order valence-corrected chi connectivity index (χ2v) is 5.62. The molecule has 2 rings (SSSR count). The highest BCUT2D eigenvalue weighted by Crippen LogP contribution is 2.32. The van der Waals surface area contributed by atoms with Gasteiger partial charge in [0.25, 0.3) is 0 Å². The van der Waals surface area contributed by atoms with Crippen molar-refractivity contribution in [2.75, 3.05) is 0 Å². The summed E-state index contributed by atoms with van der Waals surface area (Å²) in [4.78, 5) is 0. The Morgan fingerprint density at radius 3 is 2.75 bits per heavy atom. The first-order chi connectivity index (χ1) is 9.79. The Balaban J connectivity index is 2.07. The monoisotopic (exact) mass is 265 g/mol. The first-order valence-corrected chi connectivity index (χ1v) is 7.63. The lowest BCUT2D eigenvalue weighted by Gasteiger charge is -2.20. The third kappa shape index (κ3) is 4.38. The average Bonchev–Trinajstić information content (AvgIpc) is 2.49. The largest absolute Gasteiger partial charge is 0.193 e. The molecule has 0 radical (unpaired) electrons. The Bertz CT molecular complexity index is 533. The molecule has 2 aliphatic carbocycles. The summed E-state index contributed by atoms with van der Waals surface area (Å²) in [6.45, 7) is 1.95. The molecule has 0 unspecified atom stereocenters. The number of nitrogens with zero attached hydrogens (tertiary/aromatic N) is 1. The van der Waals surface area contributed by atoms with Crippen molar-refractivity contribution in [2.45, 2.75) is 51.9 Å². The molecule has 0 amide bonds. The normalized spacial score (nSPS) is 22.6. The quantitative estimate of drug-likeness (QED) is 0.485. The van der Waals surface area contributed by atoms with Crippen LogP contribution in [0.15, 0.2) is 58.7 Å². The summed E-state index contributed by atoms with van der Waals surface area (Å²) in [7, 11) is 0. The molecule has 0 fully saturated rings. The minimum atomic E-state index is 0.999. The fraction of sp³-hybridized carbons (Fsp3) is 0.421. The van der Waals surface area contributed by atoms with E-state index in [1.807, 2.05) is 13.0 Å². The van der Waals surface area contributed by atoms with Crippen LogP contribution in [0.4, 0.5) is 0 Å². The lowest BCUT2D eigenvalue weighted by molar-refractivity contribution is 0.687. The highest BCUT2D eigenvalue weighted by molar-refractivity contribution is 5.41. The molecule has 0 heterocycles. The van der Waals surface area contributed by atoms with Crippen LogP contribution in [0.2, 0.25) is 0 Å². The molecule has 0 aromatic heterocycles. The fourth-order valence-electron chi connectivity index (χ4n) is 2.84. The fourth-order valence-corrected chi connectivity index (χ4v) is 2.84. The smallest absolute Gasteiger partial charge is 0.0914 e. The minimum Gasteiger partial charge on any atom is -0.193 e. The summed E-state index contributed by atoms with van der Waals surface area (Å²) in [5, 5.41) is 8.57. The van der Waals surface area contributed by atoms with Crippen LogP contribution in [0.25, 0.3) is 0 Å². The van der Waals surface area contributed by atoms with Crippen LogP contribution < -0.4 is 0 Å². The van der Waals surface area contributed by atoms with Gasteiger partial charge in [0.1, 0.15) is 0 Å². The molecule has 0 bridgehead atoms. The van der Waals surface area contributed by atoms with E-state index >= 15 is 0 Å². The van der Waals surface area contributed by atoms with Crippen molar-refractivity contribution in [3.05, 3.63) is 58.7 Å². The van der Waals surface area contributed by atoms with Gasteiger partial charge in [-0.2, -0.15) is 5.26 Å².